The van der Waals surface area contributed by atoms with Crippen molar-refractivity contribution in [2.45, 2.75) is 31.5 Å². The van der Waals surface area contributed by atoms with Crippen molar-refractivity contribution < 1.29 is 22.7 Å². The maximum Gasteiger partial charge on any atom is 0.389 e. The standard InChI is InChI=1S/C11H16F3NO2/c12-11(13,14)5-1-2-6-15-8-9(16)10-4-3-7-17-10/h3-4,7,9,15-16H,1-2,5-6,8H2. The minimum absolute atomic E-state index is 0.105. The van der Waals surface area contributed by atoms with E-state index in [0.29, 0.717) is 18.7 Å². The second-order valence-corrected chi connectivity index (χ2v) is 3.81. The third kappa shape index (κ3) is 6.33. The second kappa shape index (κ2) is 6.66. The molecule has 0 bridgehead atoms. The summed E-state index contributed by atoms with van der Waals surface area (Å²) in [6.45, 7) is 0.730. The molecule has 6 heteroatoms. The molecule has 1 atom stereocenters. The van der Waals surface area contributed by atoms with Crippen LogP contribution in [0.4, 0.5) is 13.2 Å². The van der Waals surface area contributed by atoms with E-state index >= 15 is 0 Å². The lowest BCUT2D eigenvalue weighted by Gasteiger charge is -2.09. The van der Waals surface area contributed by atoms with Gasteiger partial charge in [-0.3, -0.25) is 0 Å². The van der Waals surface area contributed by atoms with Gasteiger partial charge in [-0.2, -0.15) is 13.2 Å². The lowest BCUT2D eigenvalue weighted by Crippen LogP contribution is -2.22. The van der Waals surface area contributed by atoms with Gasteiger partial charge in [0.15, 0.2) is 0 Å². The van der Waals surface area contributed by atoms with Gasteiger partial charge in [-0.15, -0.1) is 0 Å². The highest BCUT2D eigenvalue weighted by atomic mass is 19.4. The van der Waals surface area contributed by atoms with Gasteiger partial charge in [-0.1, -0.05) is 0 Å². The van der Waals surface area contributed by atoms with Gasteiger partial charge in [0.2, 0.25) is 0 Å². The number of aliphatic hydroxyl groups excluding tert-OH is 1. The van der Waals surface area contributed by atoms with Crippen LogP contribution in [0.15, 0.2) is 22.8 Å². The zero-order valence-corrected chi connectivity index (χ0v) is 9.33. The van der Waals surface area contributed by atoms with Crippen LogP contribution in [0, 0.1) is 0 Å². The topological polar surface area (TPSA) is 45.4 Å². The fourth-order valence-electron chi connectivity index (χ4n) is 1.40. The number of aliphatic hydroxyl groups is 1. The van der Waals surface area contributed by atoms with E-state index in [0.717, 1.165) is 0 Å². The Morgan fingerprint density at radius 1 is 1.35 bits per heavy atom. The van der Waals surface area contributed by atoms with Crippen LogP contribution in [-0.2, 0) is 0 Å². The number of unbranched alkanes of at least 4 members (excludes halogenated alkanes) is 1. The number of furan rings is 1. The van der Waals surface area contributed by atoms with E-state index < -0.39 is 18.7 Å². The zero-order chi connectivity index (χ0) is 12.7. The fourth-order valence-corrected chi connectivity index (χ4v) is 1.40. The summed E-state index contributed by atoms with van der Waals surface area (Å²) < 4.78 is 40.4. The Balaban J connectivity index is 2.01. The number of rotatable bonds is 7. The van der Waals surface area contributed by atoms with Gasteiger partial charge >= 0.3 is 6.18 Å². The third-order valence-electron chi connectivity index (χ3n) is 2.27. The minimum Gasteiger partial charge on any atom is -0.467 e. The Bertz CT molecular complexity index is 298. The van der Waals surface area contributed by atoms with Gasteiger partial charge in [-0.05, 0) is 31.5 Å². The van der Waals surface area contributed by atoms with E-state index in [2.05, 4.69) is 5.32 Å². The summed E-state index contributed by atoms with van der Waals surface area (Å²) >= 11 is 0. The second-order valence-electron chi connectivity index (χ2n) is 3.81. The largest absolute Gasteiger partial charge is 0.467 e. The Hall–Kier alpha value is -1.01. The predicted molar refractivity (Wildman–Crippen MR) is 56.4 cm³/mol. The van der Waals surface area contributed by atoms with E-state index in [1.807, 2.05) is 0 Å². The van der Waals surface area contributed by atoms with Crippen molar-refractivity contribution in [1.29, 1.82) is 0 Å². The van der Waals surface area contributed by atoms with Gasteiger partial charge in [0, 0.05) is 13.0 Å². The molecule has 0 aliphatic carbocycles. The van der Waals surface area contributed by atoms with Crippen molar-refractivity contribution >= 4 is 0 Å². The maximum atomic E-state index is 11.8. The van der Waals surface area contributed by atoms with Crippen molar-refractivity contribution in [3.63, 3.8) is 0 Å². The molecule has 2 N–H and O–H groups in total. The molecule has 0 aromatic carbocycles. The number of hydrogen-bond donors (Lipinski definition) is 2. The number of hydrogen-bond acceptors (Lipinski definition) is 3. The SMILES string of the molecule is OC(CNCCCCC(F)(F)F)c1ccco1. The summed E-state index contributed by atoms with van der Waals surface area (Å²) in [5, 5.41) is 12.4. The van der Waals surface area contributed by atoms with Crippen LogP contribution in [0.25, 0.3) is 0 Å². The molecule has 0 spiro atoms. The molecule has 98 valence electrons. The smallest absolute Gasteiger partial charge is 0.389 e. The molecule has 0 radical (unpaired) electrons. The Labute approximate surface area is 97.6 Å². The lowest BCUT2D eigenvalue weighted by molar-refractivity contribution is -0.135. The van der Waals surface area contributed by atoms with Crippen LogP contribution in [0.3, 0.4) is 0 Å². The first-order chi connectivity index (χ1) is 7.99. The highest BCUT2D eigenvalue weighted by Crippen LogP contribution is 2.21. The van der Waals surface area contributed by atoms with Gasteiger partial charge in [0.1, 0.15) is 11.9 Å². The summed E-state index contributed by atoms with van der Waals surface area (Å²) in [6, 6.07) is 3.32. The summed E-state index contributed by atoms with van der Waals surface area (Å²) in [5.41, 5.74) is 0. The zero-order valence-electron chi connectivity index (χ0n) is 9.33. The average molecular weight is 251 g/mol. The summed E-state index contributed by atoms with van der Waals surface area (Å²) in [5.74, 6) is 0.452. The third-order valence-corrected chi connectivity index (χ3v) is 2.27. The van der Waals surface area contributed by atoms with Gasteiger partial charge in [-0.25, -0.2) is 0 Å². The molecule has 1 rings (SSSR count). The Morgan fingerprint density at radius 2 is 2.12 bits per heavy atom. The molecule has 0 aliphatic heterocycles. The Kier molecular flexibility index (Phi) is 5.50. The predicted octanol–water partition coefficient (Wildman–Crippen LogP) is 2.64. The number of halogens is 3. The maximum absolute atomic E-state index is 11.8. The van der Waals surface area contributed by atoms with E-state index in [9.17, 15) is 18.3 Å². The molecule has 17 heavy (non-hydrogen) atoms. The molecule has 0 amide bonds. The summed E-state index contributed by atoms with van der Waals surface area (Å²) in [6.07, 6.45) is -3.59. The fraction of sp³-hybridized carbons (Fsp3) is 0.636. The van der Waals surface area contributed by atoms with Crippen LogP contribution >= 0.6 is 0 Å². The van der Waals surface area contributed by atoms with Crippen molar-refractivity contribution in [1.82, 2.24) is 5.32 Å². The van der Waals surface area contributed by atoms with Crippen molar-refractivity contribution in [3.05, 3.63) is 24.2 Å². The van der Waals surface area contributed by atoms with Crippen LogP contribution in [0.5, 0.6) is 0 Å². The van der Waals surface area contributed by atoms with Gasteiger partial charge in [0.05, 0.1) is 6.26 Å². The van der Waals surface area contributed by atoms with Gasteiger partial charge < -0.3 is 14.8 Å². The molecule has 0 aliphatic rings. The average Bonchev–Trinajstić information content (AvgIpc) is 2.74. The van der Waals surface area contributed by atoms with Crippen molar-refractivity contribution in [2.75, 3.05) is 13.1 Å². The highest BCUT2D eigenvalue weighted by molar-refractivity contribution is 5.01. The van der Waals surface area contributed by atoms with Crippen LogP contribution < -0.4 is 5.32 Å². The molecule has 0 fully saturated rings. The molecular weight excluding hydrogens is 235 g/mol. The highest BCUT2D eigenvalue weighted by Gasteiger charge is 2.25. The first-order valence-corrected chi connectivity index (χ1v) is 5.48. The van der Waals surface area contributed by atoms with Crippen LogP contribution in [0.2, 0.25) is 0 Å². The summed E-state index contributed by atoms with van der Waals surface area (Å²) in [7, 11) is 0. The van der Waals surface area contributed by atoms with Gasteiger partial charge in [0.25, 0.3) is 0 Å². The molecule has 0 saturated heterocycles. The van der Waals surface area contributed by atoms with Crippen molar-refractivity contribution in [2.24, 2.45) is 0 Å². The molecule has 1 aromatic heterocycles. The van der Waals surface area contributed by atoms with E-state index in [4.69, 9.17) is 4.42 Å². The summed E-state index contributed by atoms with van der Waals surface area (Å²) in [4.78, 5) is 0. The van der Waals surface area contributed by atoms with E-state index in [-0.39, 0.29) is 13.0 Å². The molecular formula is C11H16F3NO2. The monoisotopic (exact) mass is 251 g/mol. The normalized spacial score (nSPS) is 13.9. The molecule has 1 aromatic rings. The minimum atomic E-state index is -4.08. The molecule has 1 heterocycles. The molecule has 0 saturated carbocycles. The number of alkyl halides is 3. The van der Waals surface area contributed by atoms with Crippen LogP contribution in [-0.4, -0.2) is 24.4 Å². The van der Waals surface area contributed by atoms with Crippen molar-refractivity contribution in [3.8, 4) is 0 Å². The number of nitrogens with one attached hydrogen (secondary N) is 1. The Morgan fingerprint density at radius 3 is 2.71 bits per heavy atom. The first kappa shape index (κ1) is 14.1. The lowest BCUT2D eigenvalue weighted by atomic mass is 10.2. The quantitative estimate of drug-likeness (QED) is 0.732. The molecule has 3 nitrogen and oxygen atoms in total. The van der Waals surface area contributed by atoms with Crippen LogP contribution in [0.1, 0.15) is 31.1 Å². The van der Waals surface area contributed by atoms with E-state index in [1.165, 1.54) is 6.26 Å². The first-order valence-electron chi connectivity index (χ1n) is 5.48. The van der Waals surface area contributed by atoms with E-state index in [1.54, 1.807) is 12.1 Å². The molecule has 1 unspecified atom stereocenters.